The van der Waals surface area contributed by atoms with Crippen molar-refractivity contribution in [1.82, 2.24) is 14.6 Å². The lowest BCUT2D eigenvalue weighted by Gasteiger charge is -2.07. The average molecular weight is 497 g/mol. The predicted octanol–water partition coefficient (Wildman–Crippen LogP) is 4.57. The highest BCUT2D eigenvalue weighted by molar-refractivity contribution is 7.15. The monoisotopic (exact) mass is 497 g/mol. The zero-order valence-electron chi connectivity index (χ0n) is 17.9. The van der Waals surface area contributed by atoms with Gasteiger partial charge in [-0.05, 0) is 36.4 Å². The van der Waals surface area contributed by atoms with Crippen molar-refractivity contribution >= 4 is 28.3 Å². The van der Waals surface area contributed by atoms with Crippen molar-refractivity contribution in [3.8, 4) is 28.5 Å². The van der Waals surface area contributed by atoms with Crippen LogP contribution < -0.4 is 14.8 Å². The van der Waals surface area contributed by atoms with Gasteiger partial charge in [0.1, 0.15) is 21.8 Å². The van der Waals surface area contributed by atoms with Crippen LogP contribution in [0.4, 0.5) is 13.2 Å². The molecule has 0 aliphatic carbocycles. The number of thiazole rings is 1. The van der Waals surface area contributed by atoms with Crippen LogP contribution in [-0.2, 0) is 11.0 Å². The SMILES string of the molecule is CC(=O)Oc1ccccc1-c1nc2sc(=Cc3ccc(-c4cccc(C(F)(F)F)c4)o3)c(=O)n2n1. The zero-order valence-corrected chi connectivity index (χ0v) is 18.7. The van der Waals surface area contributed by atoms with Crippen LogP contribution in [0.15, 0.2) is 69.9 Å². The number of para-hydroxylation sites is 1. The van der Waals surface area contributed by atoms with Crippen LogP contribution >= 0.6 is 11.3 Å². The van der Waals surface area contributed by atoms with Crippen molar-refractivity contribution in [3.05, 3.63) is 86.9 Å². The molecule has 11 heteroatoms. The number of fused-ring (bicyclic) bond motifs is 1. The molecule has 0 saturated heterocycles. The normalized spacial score (nSPS) is 12.4. The van der Waals surface area contributed by atoms with Crippen LogP contribution in [0.5, 0.6) is 5.75 Å². The molecule has 0 amide bonds. The lowest BCUT2D eigenvalue weighted by molar-refractivity contribution is -0.137. The summed E-state index contributed by atoms with van der Waals surface area (Å²) in [6, 6.07) is 14.6. The fourth-order valence-corrected chi connectivity index (χ4v) is 4.29. The second kappa shape index (κ2) is 8.51. The maximum absolute atomic E-state index is 13.0. The van der Waals surface area contributed by atoms with Crippen molar-refractivity contribution in [3.63, 3.8) is 0 Å². The first kappa shape index (κ1) is 22.5. The van der Waals surface area contributed by atoms with E-state index in [0.717, 1.165) is 28.0 Å². The van der Waals surface area contributed by atoms with Crippen LogP contribution in [0.2, 0.25) is 0 Å². The standard InChI is InChI=1S/C24H14F3N3O4S/c1-13(31)33-19-8-3-2-7-17(19)21-28-23-30(29-21)22(32)20(35-23)12-16-9-10-18(34-16)14-5-4-6-15(11-14)24(25,26)27/h2-12H,1H3. The number of ether oxygens (including phenoxy) is 1. The minimum absolute atomic E-state index is 0.224. The maximum Gasteiger partial charge on any atom is 0.416 e. The second-order valence-corrected chi connectivity index (χ2v) is 8.43. The molecular weight excluding hydrogens is 483 g/mol. The molecule has 7 nitrogen and oxygen atoms in total. The number of carbonyl (C=O) groups excluding carboxylic acids is 1. The molecule has 0 unspecified atom stereocenters. The van der Waals surface area contributed by atoms with Gasteiger partial charge in [0.05, 0.1) is 11.1 Å². The van der Waals surface area contributed by atoms with Crippen LogP contribution in [0.1, 0.15) is 18.2 Å². The molecule has 0 fully saturated rings. The molecule has 0 spiro atoms. The molecule has 5 rings (SSSR count). The Kier molecular flexibility index (Phi) is 5.48. The van der Waals surface area contributed by atoms with E-state index in [-0.39, 0.29) is 27.4 Å². The number of alkyl halides is 3. The van der Waals surface area contributed by atoms with Gasteiger partial charge in [-0.3, -0.25) is 9.59 Å². The van der Waals surface area contributed by atoms with Gasteiger partial charge in [-0.2, -0.15) is 22.7 Å². The second-order valence-electron chi connectivity index (χ2n) is 7.42. The van der Waals surface area contributed by atoms with E-state index in [9.17, 15) is 22.8 Å². The number of carbonyl (C=O) groups is 1. The smallest absolute Gasteiger partial charge is 0.416 e. The number of aromatic nitrogens is 3. The number of nitrogens with zero attached hydrogens (tertiary/aromatic N) is 3. The number of esters is 1. The fraction of sp³-hybridized carbons (Fsp3) is 0.0833. The van der Waals surface area contributed by atoms with Crippen molar-refractivity contribution in [2.24, 2.45) is 0 Å². The number of hydrogen-bond donors (Lipinski definition) is 0. The summed E-state index contributed by atoms with van der Waals surface area (Å²) in [6.07, 6.45) is -2.99. The lowest BCUT2D eigenvalue weighted by atomic mass is 10.1. The average Bonchev–Trinajstić information content (AvgIpc) is 3.51. The summed E-state index contributed by atoms with van der Waals surface area (Å²) < 4.78 is 51.3. The van der Waals surface area contributed by atoms with Gasteiger partial charge in [0.2, 0.25) is 4.96 Å². The molecule has 3 heterocycles. The van der Waals surface area contributed by atoms with Crippen molar-refractivity contribution in [2.45, 2.75) is 13.1 Å². The van der Waals surface area contributed by atoms with Gasteiger partial charge >= 0.3 is 12.1 Å². The minimum Gasteiger partial charge on any atom is -0.457 e. The number of rotatable bonds is 4. The van der Waals surface area contributed by atoms with Crippen LogP contribution in [0.3, 0.4) is 0 Å². The topological polar surface area (TPSA) is 86.7 Å². The summed E-state index contributed by atoms with van der Waals surface area (Å²) in [5, 5.41) is 4.25. The van der Waals surface area contributed by atoms with E-state index in [4.69, 9.17) is 9.15 Å². The summed E-state index contributed by atoms with van der Waals surface area (Å²) in [5.41, 5.74) is -0.498. The summed E-state index contributed by atoms with van der Waals surface area (Å²) >= 11 is 1.07. The molecule has 3 aromatic heterocycles. The summed E-state index contributed by atoms with van der Waals surface area (Å²) in [4.78, 5) is 28.9. The first-order chi connectivity index (χ1) is 16.7. The van der Waals surface area contributed by atoms with Gasteiger partial charge in [-0.15, -0.1) is 5.10 Å². The van der Waals surface area contributed by atoms with Crippen LogP contribution in [0.25, 0.3) is 33.7 Å². The highest BCUT2D eigenvalue weighted by Crippen LogP contribution is 2.33. The van der Waals surface area contributed by atoms with Crippen LogP contribution in [-0.4, -0.2) is 20.6 Å². The Bertz CT molecular complexity index is 1680. The molecule has 0 bridgehead atoms. The van der Waals surface area contributed by atoms with Crippen molar-refractivity contribution in [2.75, 3.05) is 0 Å². The fourth-order valence-electron chi connectivity index (χ4n) is 3.41. The molecule has 0 N–H and O–H groups in total. The Morgan fingerprint density at radius 2 is 1.91 bits per heavy atom. The van der Waals surface area contributed by atoms with Gasteiger partial charge < -0.3 is 9.15 Å². The van der Waals surface area contributed by atoms with Crippen molar-refractivity contribution in [1.29, 1.82) is 0 Å². The third-order valence-corrected chi connectivity index (χ3v) is 5.90. The molecular formula is C24H14F3N3O4S. The zero-order chi connectivity index (χ0) is 24.7. The Balaban J connectivity index is 1.49. The molecule has 35 heavy (non-hydrogen) atoms. The molecule has 0 atom stereocenters. The molecule has 2 aromatic carbocycles. The lowest BCUT2D eigenvalue weighted by Crippen LogP contribution is -2.23. The third-order valence-electron chi connectivity index (χ3n) is 4.94. The Morgan fingerprint density at radius 1 is 1.11 bits per heavy atom. The first-order valence-electron chi connectivity index (χ1n) is 10.2. The van der Waals surface area contributed by atoms with Gasteiger partial charge in [0.15, 0.2) is 5.82 Å². The molecule has 0 aliphatic heterocycles. The Morgan fingerprint density at radius 3 is 2.66 bits per heavy atom. The third kappa shape index (κ3) is 4.45. The number of furan rings is 1. The van der Waals surface area contributed by atoms with Crippen LogP contribution in [0, 0.1) is 0 Å². The van der Waals surface area contributed by atoms with E-state index in [1.807, 2.05) is 0 Å². The van der Waals surface area contributed by atoms with E-state index in [1.54, 1.807) is 30.3 Å². The quantitative estimate of drug-likeness (QED) is 0.267. The van der Waals surface area contributed by atoms with E-state index >= 15 is 0 Å². The Labute approximate surface area is 198 Å². The number of halogens is 3. The predicted molar refractivity (Wildman–Crippen MR) is 122 cm³/mol. The van der Waals surface area contributed by atoms with Gasteiger partial charge in [-0.1, -0.05) is 35.6 Å². The Hall–Kier alpha value is -4.25. The highest BCUT2D eigenvalue weighted by Gasteiger charge is 2.30. The van der Waals surface area contributed by atoms with Gasteiger partial charge in [0, 0.05) is 18.6 Å². The minimum atomic E-state index is -4.47. The highest BCUT2D eigenvalue weighted by atomic mass is 32.1. The molecule has 5 aromatic rings. The van der Waals surface area contributed by atoms with E-state index in [2.05, 4.69) is 10.1 Å². The number of benzene rings is 2. The maximum atomic E-state index is 13.0. The van der Waals surface area contributed by atoms with E-state index in [1.165, 1.54) is 31.2 Å². The molecule has 0 saturated carbocycles. The summed E-state index contributed by atoms with van der Waals surface area (Å²) in [5.74, 6) is 0.526. The first-order valence-corrected chi connectivity index (χ1v) is 11.0. The largest absolute Gasteiger partial charge is 0.457 e. The van der Waals surface area contributed by atoms with Gasteiger partial charge in [0.25, 0.3) is 5.56 Å². The van der Waals surface area contributed by atoms with Gasteiger partial charge in [-0.25, -0.2) is 0 Å². The summed E-state index contributed by atoms with van der Waals surface area (Å²) in [7, 11) is 0. The molecule has 176 valence electrons. The van der Waals surface area contributed by atoms with Crippen molar-refractivity contribution < 1.29 is 27.1 Å². The summed E-state index contributed by atoms with van der Waals surface area (Å²) in [6.45, 7) is 1.28. The molecule has 0 aliphatic rings. The number of hydrogen-bond acceptors (Lipinski definition) is 7. The molecule has 0 radical (unpaired) electrons. The van der Waals surface area contributed by atoms with E-state index in [0.29, 0.717) is 16.3 Å². The van der Waals surface area contributed by atoms with E-state index < -0.39 is 23.3 Å².